The van der Waals surface area contributed by atoms with Crippen LogP contribution in [0.3, 0.4) is 0 Å². The lowest BCUT2D eigenvalue weighted by atomic mass is 10.2. The van der Waals surface area contributed by atoms with Crippen LogP contribution in [-0.4, -0.2) is 6.21 Å². The van der Waals surface area contributed by atoms with E-state index < -0.39 is 0 Å². The summed E-state index contributed by atoms with van der Waals surface area (Å²) in [5, 5.41) is 6.57. The van der Waals surface area contributed by atoms with E-state index >= 15 is 0 Å². The molecule has 0 fully saturated rings. The van der Waals surface area contributed by atoms with Crippen LogP contribution in [0.5, 0.6) is 0 Å². The highest BCUT2D eigenvalue weighted by Gasteiger charge is 2.06. The lowest BCUT2D eigenvalue weighted by Crippen LogP contribution is -2.08. The number of nitrogens with zero attached hydrogens (tertiary/aromatic N) is 2. The SMILES string of the molecule is BrC(C=NN(c1ccccc1)c1ccccc1)=Cc1ccccc1. The highest BCUT2D eigenvalue weighted by molar-refractivity contribution is 9.12. The van der Waals surface area contributed by atoms with Gasteiger partial charge in [-0.1, -0.05) is 66.7 Å². The molecule has 0 heterocycles. The Bertz CT molecular complexity index is 773. The topological polar surface area (TPSA) is 15.6 Å². The minimum Gasteiger partial charge on any atom is -0.234 e. The smallest absolute Gasteiger partial charge is 0.0652 e. The van der Waals surface area contributed by atoms with Crippen molar-refractivity contribution >= 4 is 39.6 Å². The Balaban J connectivity index is 1.88. The van der Waals surface area contributed by atoms with Gasteiger partial charge in [0, 0.05) is 4.48 Å². The zero-order valence-corrected chi connectivity index (χ0v) is 14.7. The van der Waals surface area contributed by atoms with Crippen LogP contribution in [-0.2, 0) is 0 Å². The summed E-state index contributed by atoms with van der Waals surface area (Å²) in [6.07, 6.45) is 3.85. The van der Waals surface area contributed by atoms with Crippen molar-refractivity contribution in [3.05, 3.63) is 101 Å². The summed E-state index contributed by atoms with van der Waals surface area (Å²) in [4.78, 5) is 0. The van der Waals surface area contributed by atoms with Crippen LogP contribution >= 0.6 is 15.9 Å². The fourth-order valence-corrected chi connectivity index (χ4v) is 2.64. The molecular weight excluding hydrogens is 360 g/mol. The van der Waals surface area contributed by atoms with E-state index in [4.69, 9.17) is 0 Å². The highest BCUT2D eigenvalue weighted by Crippen LogP contribution is 2.25. The van der Waals surface area contributed by atoms with Crippen molar-refractivity contribution in [1.29, 1.82) is 0 Å². The van der Waals surface area contributed by atoms with E-state index in [1.165, 1.54) is 0 Å². The molecule has 118 valence electrons. The van der Waals surface area contributed by atoms with Crippen molar-refractivity contribution in [1.82, 2.24) is 0 Å². The minimum absolute atomic E-state index is 0.908. The van der Waals surface area contributed by atoms with E-state index in [1.54, 1.807) is 0 Å². The maximum Gasteiger partial charge on any atom is 0.0652 e. The van der Waals surface area contributed by atoms with Crippen LogP contribution in [0, 0.1) is 0 Å². The summed E-state index contributed by atoms with van der Waals surface area (Å²) in [7, 11) is 0. The Morgan fingerprint density at radius 3 is 1.67 bits per heavy atom. The first-order chi connectivity index (χ1) is 11.8. The van der Waals surface area contributed by atoms with Gasteiger partial charge < -0.3 is 0 Å². The largest absolute Gasteiger partial charge is 0.234 e. The summed E-state index contributed by atoms with van der Waals surface area (Å²) in [5.74, 6) is 0. The first-order valence-corrected chi connectivity index (χ1v) is 8.49. The molecule has 2 nitrogen and oxygen atoms in total. The maximum absolute atomic E-state index is 4.65. The number of hydrogen-bond acceptors (Lipinski definition) is 2. The fourth-order valence-electron chi connectivity index (χ4n) is 2.28. The normalized spacial score (nSPS) is 11.6. The average Bonchev–Trinajstić information content (AvgIpc) is 2.64. The van der Waals surface area contributed by atoms with Gasteiger partial charge in [0.15, 0.2) is 0 Å². The zero-order chi connectivity index (χ0) is 16.6. The molecule has 0 spiro atoms. The number of halogens is 1. The minimum atomic E-state index is 0.908. The number of para-hydroxylation sites is 2. The first-order valence-electron chi connectivity index (χ1n) is 7.69. The standard InChI is InChI=1S/C21H17BrN2/c22-19(16-18-10-4-1-5-11-18)17-23-24(20-12-6-2-7-13-20)21-14-8-3-9-15-21/h1-17H. The Morgan fingerprint density at radius 1 is 0.708 bits per heavy atom. The Hall–Kier alpha value is -2.65. The molecule has 0 N–H and O–H groups in total. The van der Waals surface area contributed by atoms with Crippen molar-refractivity contribution in [3.63, 3.8) is 0 Å². The molecule has 0 bridgehead atoms. The molecule has 0 amide bonds. The van der Waals surface area contributed by atoms with Gasteiger partial charge in [0.05, 0.1) is 17.6 Å². The van der Waals surface area contributed by atoms with Gasteiger partial charge in [-0.05, 0) is 51.8 Å². The van der Waals surface area contributed by atoms with Crippen LogP contribution in [0.15, 0.2) is 101 Å². The number of benzene rings is 3. The molecule has 0 aliphatic carbocycles. The van der Waals surface area contributed by atoms with Gasteiger partial charge in [-0.3, -0.25) is 0 Å². The van der Waals surface area contributed by atoms with Crippen LogP contribution in [0.2, 0.25) is 0 Å². The molecule has 3 rings (SSSR count). The average molecular weight is 377 g/mol. The second kappa shape index (κ2) is 8.27. The van der Waals surface area contributed by atoms with Crippen LogP contribution < -0.4 is 5.01 Å². The molecule has 0 saturated carbocycles. The van der Waals surface area contributed by atoms with Gasteiger partial charge in [-0.25, -0.2) is 5.01 Å². The van der Waals surface area contributed by atoms with Gasteiger partial charge in [-0.15, -0.1) is 0 Å². The molecule has 3 aromatic rings. The molecule has 3 heteroatoms. The van der Waals surface area contributed by atoms with Gasteiger partial charge in [0.25, 0.3) is 0 Å². The number of allylic oxidation sites excluding steroid dienone is 1. The summed E-state index contributed by atoms with van der Waals surface area (Å²) < 4.78 is 0.908. The van der Waals surface area contributed by atoms with Crippen LogP contribution in [0.4, 0.5) is 11.4 Å². The van der Waals surface area contributed by atoms with Crippen LogP contribution in [0.25, 0.3) is 6.08 Å². The van der Waals surface area contributed by atoms with E-state index in [1.807, 2.05) is 96.2 Å². The number of hydrogen-bond donors (Lipinski definition) is 0. The quantitative estimate of drug-likeness (QED) is 0.379. The third-order valence-electron chi connectivity index (χ3n) is 3.40. The molecule has 24 heavy (non-hydrogen) atoms. The predicted octanol–water partition coefficient (Wildman–Crippen LogP) is 6.25. The van der Waals surface area contributed by atoms with E-state index in [9.17, 15) is 0 Å². The fraction of sp³-hybridized carbons (Fsp3) is 0. The molecule has 0 unspecified atom stereocenters. The molecular formula is C21H17BrN2. The van der Waals surface area contributed by atoms with Crippen molar-refractivity contribution in [2.75, 3.05) is 5.01 Å². The Kier molecular flexibility index (Phi) is 5.59. The summed E-state index contributed by atoms with van der Waals surface area (Å²) in [6, 6.07) is 30.4. The Morgan fingerprint density at radius 2 is 1.17 bits per heavy atom. The second-order valence-corrected chi connectivity index (χ2v) is 6.08. The van der Waals surface area contributed by atoms with Gasteiger partial charge >= 0.3 is 0 Å². The van der Waals surface area contributed by atoms with E-state index in [2.05, 4.69) is 33.2 Å². The summed E-state index contributed by atoms with van der Waals surface area (Å²) in [5.41, 5.74) is 3.15. The molecule has 0 atom stereocenters. The second-order valence-electron chi connectivity index (χ2n) is 5.17. The molecule has 0 saturated heterocycles. The van der Waals surface area contributed by atoms with Crippen molar-refractivity contribution < 1.29 is 0 Å². The molecule has 0 aromatic heterocycles. The van der Waals surface area contributed by atoms with Gasteiger partial charge in [-0.2, -0.15) is 5.10 Å². The molecule has 3 aromatic carbocycles. The number of anilines is 2. The van der Waals surface area contributed by atoms with Crippen molar-refractivity contribution in [3.8, 4) is 0 Å². The lowest BCUT2D eigenvalue weighted by molar-refractivity contribution is 1.09. The first kappa shape index (κ1) is 16.2. The summed E-state index contributed by atoms with van der Waals surface area (Å²) in [6.45, 7) is 0. The number of rotatable bonds is 5. The van der Waals surface area contributed by atoms with E-state index in [0.29, 0.717) is 0 Å². The molecule has 0 radical (unpaired) electrons. The predicted molar refractivity (Wildman–Crippen MR) is 107 cm³/mol. The lowest BCUT2D eigenvalue weighted by Gasteiger charge is -2.19. The Labute approximate surface area is 150 Å². The zero-order valence-electron chi connectivity index (χ0n) is 13.1. The summed E-state index contributed by atoms with van der Waals surface area (Å²) >= 11 is 3.57. The van der Waals surface area contributed by atoms with Gasteiger partial charge in [0.1, 0.15) is 0 Å². The third kappa shape index (κ3) is 4.43. The monoisotopic (exact) mass is 376 g/mol. The van der Waals surface area contributed by atoms with E-state index in [0.717, 1.165) is 21.4 Å². The van der Waals surface area contributed by atoms with Gasteiger partial charge in [0.2, 0.25) is 0 Å². The van der Waals surface area contributed by atoms with Crippen molar-refractivity contribution in [2.24, 2.45) is 5.10 Å². The van der Waals surface area contributed by atoms with E-state index in [-0.39, 0.29) is 0 Å². The molecule has 0 aliphatic rings. The van der Waals surface area contributed by atoms with Crippen molar-refractivity contribution in [2.45, 2.75) is 0 Å². The number of hydrazone groups is 1. The van der Waals surface area contributed by atoms with Crippen LogP contribution in [0.1, 0.15) is 5.56 Å². The highest BCUT2D eigenvalue weighted by atomic mass is 79.9. The maximum atomic E-state index is 4.65. The third-order valence-corrected chi connectivity index (χ3v) is 3.84. The molecule has 0 aliphatic heterocycles.